The third-order valence-corrected chi connectivity index (χ3v) is 3.93. The second kappa shape index (κ2) is 4.65. The van der Waals surface area contributed by atoms with E-state index in [4.69, 9.17) is 5.73 Å². The lowest BCUT2D eigenvalue weighted by molar-refractivity contribution is -0.120. The molecule has 2 N–H and O–H groups in total. The fourth-order valence-electron chi connectivity index (χ4n) is 2.69. The highest BCUT2D eigenvalue weighted by Crippen LogP contribution is 2.34. The third kappa shape index (κ3) is 3.60. The number of hydrogen-bond donors (Lipinski definition) is 1. The monoisotopic (exact) mass is 209 g/mol. The molecule has 2 aliphatic carbocycles. The van der Waals surface area contributed by atoms with Crippen LogP contribution in [0.15, 0.2) is 0 Å². The molecule has 0 aromatic rings. The van der Waals surface area contributed by atoms with Gasteiger partial charge < -0.3 is 5.73 Å². The van der Waals surface area contributed by atoms with Crippen LogP contribution in [-0.2, 0) is 4.79 Å². The Hall–Kier alpha value is -0.370. The second-order valence-corrected chi connectivity index (χ2v) is 5.62. The molecule has 0 aromatic heterocycles. The van der Waals surface area contributed by atoms with Crippen molar-refractivity contribution < 1.29 is 4.79 Å². The Bertz CT molecular complexity index is 227. The van der Waals surface area contributed by atoms with Crippen molar-refractivity contribution in [3.8, 4) is 0 Å². The Kier molecular flexibility index (Phi) is 3.45. The van der Waals surface area contributed by atoms with Crippen LogP contribution in [0.2, 0.25) is 0 Å². The maximum atomic E-state index is 11.8. The van der Waals surface area contributed by atoms with Crippen LogP contribution in [0, 0.1) is 5.92 Å². The smallest absolute Gasteiger partial charge is 0.134 e. The van der Waals surface area contributed by atoms with Crippen molar-refractivity contribution in [3.05, 3.63) is 0 Å². The minimum Gasteiger partial charge on any atom is -0.325 e. The Morgan fingerprint density at radius 1 is 1.20 bits per heavy atom. The number of Topliss-reactive ketones (excluding diaryl/α,β-unsaturated/α-hetero) is 1. The molecule has 86 valence electrons. The van der Waals surface area contributed by atoms with Crippen molar-refractivity contribution in [1.29, 1.82) is 0 Å². The summed E-state index contributed by atoms with van der Waals surface area (Å²) in [6, 6.07) is 0. The number of carbonyl (C=O) groups excluding carboxylic acids is 1. The molecule has 2 nitrogen and oxygen atoms in total. The molecule has 0 saturated heterocycles. The minimum absolute atomic E-state index is 0.140. The summed E-state index contributed by atoms with van der Waals surface area (Å²) in [7, 11) is 0. The summed E-state index contributed by atoms with van der Waals surface area (Å²) in [6.45, 7) is 0. The van der Waals surface area contributed by atoms with Crippen LogP contribution in [0.4, 0.5) is 0 Å². The molecule has 0 unspecified atom stereocenters. The summed E-state index contributed by atoms with van der Waals surface area (Å²) < 4.78 is 0. The van der Waals surface area contributed by atoms with Gasteiger partial charge >= 0.3 is 0 Å². The van der Waals surface area contributed by atoms with Gasteiger partial charge in [0.15, 0.2) is 0 Å². The van der Waals surface area contributed by atoms with E-state index in [0.29, 0.717) is 12.2 Å². The minimum atomic E-state index is -0.140. The van der Waals surface area contributed by atoms with Crippen molar-refractivity contribution >= 4 is 5.78 Å². The van der Waals surface area contributed by atoms with Crippen molar-refractivity contribution in [3.63, 3.8) is 0 Å². The number of nitrogens with two attached hydrogens (primary N) is 1. The Morgan fingerprint density at radius 3 is 2.47 bits per heavy atom. The average Bonchev–Trinajstić information content (AvgIpc) is 2.98. The predicted octanol–water partition coefficient (Wildman–Crippen LogP) is 2.80. The summed E-state index contributed by atoms with van der Waals surface area (Å²) in [5.41, 5.74) is 6.12. The van der Waals surface area contributed by atoms with Crippen LogP contribution in [-0.4, -0.2) is 11.3 Å². The number of rotatable bonds is 5. The molecule has 0 aliphatic heterocycles. The van der Waals surface area contributed by atoms with E-state index >= 15 is 0 Å². The summed E-state index contributed by atoms with van der Waals surface area (Å²) in [6.07, 6.45) is 11.1. The van der Waals surface area contributed by atoms with E-state index in [1.54, 1.807) is 0 Å². The van der Waals surface area contributed by atoms with Gasteiger partial charge in [0.05, 0.1) is 0 Å². The molecular weight excluding hydrogens is 186 g/mol. The van der Waals surface area contributed by atoms with Gasteiger partial charge in [0.1, 0.15) is 5.78 Å². The quantitative estimate of drug-likeness (QED) is 0.756. The highest BCUT2D eigenvalue weighted by Gasteiger charge is 2.30. The van der Waals surface area contributed by atoms with Crippen LogP contribution in [0.3, 0.4) is 0 Å². The van der Waals surface area contributed by atoms with Crippen molar-refractivity contribution in [1.82, 2.24) is 0 Å². The summed E-state index contributed by atoms with van der Waals surface area (Å²) >= 11 is 0. The highest BCUT2D eigenvalue weighted by molar-refractivity contribution is 5.79. The van der Waals surface area contributed by atoms with Gasteiger partial charge in [-0.25, -0.2) is 0 Å². The van der Waals surface area contributed by atoms with Gasteiger partial charge in [0.2, 0.25) is 0 Å². The van der Waals surface area contributed by atoms with E-state index in [9.17, 15) is 4.79 Å². The van der Waals surface area contributed by atoms with Gasteiger partial charge in [0.25, 0.3) is 0 Å². The molecule has 2 heteroatoms. The summed E-state index contributed by atoms with van der Waals surface area (Å²) in [4.78, 5) is 11.8. The SMILES string of the molecule is NC1(CC(=O)CCC2CC2)CCCCC1. The molecule has 2 rings (SSSR count). The zero-order valence-electron chi connectivity index (χ0n) is 9.63. The average molecular weight is 209 g/mol. The molecule has 0 amide bonds. The molecule has 0 aromatic carbocycles. The van der Waals surface area contributed by atoms with Crippen LogP contribution in [0.1, 0.15) is 64.2 Å². The maximum absolute atomic E-state index is 11.8. The molecule has 15 heavy (non-hydrogen) atoms. The lowest BCUT2D eigenvalue weighted by Gasteiger charge is -2.32. The van der Waals surface area contributed by atoms with Gasteiger partial charge in [-0.1, -0.05) is 32.1 Å². The molecule has 0 atom stereocenters. The third-order valence-electron chi connectivity index (χ3n) is 3.93. The Labute approximate surface area is 92.6 Å². The van der Waals surface area contributed by atoms with Gasteiger partial charge in [-0.2, -0.15) is 0 Å². The normalized spacial score (nSPS) is 25.1. The van der Waals surface area contributed by atoms with Gasteiger partial charge in [0, 0.05) is 18.4 Å². The number of carbonyl (C=O) groups is 1. The van der Waals surface area contributed by atoms with E-state index in [1.165, 1.54) is 32.1 Å². The zero-order chi connectivity index (χ0) is 10.7. The lowest BCUT2D eigenvalue weighted by atomic mass is 9.78. The van der Waals surface area contributed by atoms with E-state index in [-0.39, 0.29) is 5.54 Å². The number of ketones is 1. The Balaban J connectivity index is 1.70. The number of hydrogen-bond acceptors (Lipinski definition) is 2. The fourth-order valence-corrected chi connectivity index (χ4v) is 2.69. The first-order chi connectivity index (χ1) is 7.18. The zero-order valence-corrected chi connectivity index (χ0v) is 9.63. The van der Waals surface area contributed by atoms with E-state index in [1.807, 2.05) is 0 Å². The van der Waals surface area contributed by atoms with Gasteiger partial charge in [-0.3, -0.25) is 4.79 Å². The van der Waals surface area contributed by atoms with Gasteiger partial charge in [-0.05, 0) is 25.2 Å². The van der Waals surface area contributed by atoms with E-state index in [2.05, 4.69) is 0 Å². The van der Waals surface area contributed by atoms with Crippen molar-refractivity contribution in [2.45, 2.75) is 69.7 Å². The fraction of sp³-hybridized carbons (Fsp3) is 0.923. The molecule has 0 spiro atoms. The molecule has 2 aliphatic rings. The lowest BCUT2D eigenvalue weighted by Crippen LogP contribution is -2.43. The highest BCUT2D eigenvalue weighted by atomic mass is 16.1. The topological polar surface area (TPSA) is 43.1 Å². The first kappa shape index (κ1) is 11.1. The van der Waals surface area contributed by atoms with Crippen molar-refractivity contribution in [2.75, 3.05) is 0 Å². The van der Waals surface area contributed by atoms with E-state index in [0.717, 1.165) is 31.6 Å². The van der Waals surface area contributed by atoms with Crippen molar-refractivity contribution in [2.24, 2.45) is 11.7 Å². The molecule has 2 saturated carbocycles. The second-order valence-electron chi connectivity index (χ2n) is 5.62. The first-order valence-electron chi connectivity index (χ1n) is 6.49. The molecule has 0 radical (unpaired) electrons. The van der Waals surface area contributed by atoms with Crippen LogP contribution >= 0.6 is 0 Å². The van der Waals surface area contributed by atoms with Crippen LogP contribution in [0.5, 0.6) is 0 Å². The van der Waals surface area contributed by atoms with Gasteiger partial charge in [-0.15, -0.1) is 0 Å². The molecular formula is C13H23NO. The Morgan fingerprint density at radius 2 is 1.87 bits per heavy atom. The molecule has 0 heterocycles. The molecule has 2 fully saturated rings. The predicted molar refractivity (Wildman–Crippen MR) is 61.6 cm³/mol. The standard InChI is InChI=1S/C13H23NO/c14-13(8-2-1-3-9-13)10-12(15)7-6-11-4-5-11/h11H,1-10,14H2. The largest absolute Gasteiger partial charge is 0.325 e. The summed E-state index contributed by atoms with van der Waals surface area (Å²) in [5, 5.41) is 0. The van der Waals surface area contributed by atoms with Crippen LogP contribution in [0.25, 0.3) is 0 Å². The molecule has 0 bridgehead atoms. The summed E-state index contributed by atoms with van der Waals surface area (Å²) in [5.74, 6) is 1.28. The maximum Gasteiger partial charge on any atom is 0.134 e. The van der Waals surface area contributed by atoms with Crippen LogP contribution < -0.4 is 5.73 Å². The van der Waals surface area contributed by atoms with E-state index < -0.39 is 0 Å². The first-order valence-corrected chi connectivity index (χ1v) is 6.49.